The largest absolute Gasteiger partial charge is 0.339 e. The molecule has 0 saturated carbocycles. The van der Waals surface area contributed by atoms with Gasteiger partial charge in [0, 0.05) is 22.6 Å². The van der Waals surface area contributed by atoms with E-state index in [1.807, 2.05) is 11.0 Å². The Morgan fingerprint density at radius 3 is 2.55 bits per heavy atom. The number of nitrogens with zero attached hydrogens (tertiary/aromatic N) is 1. The number of benzene rings is 1. The highest BCUT2D eigenvalue weighted by atomic mass is 79.9. The predicted molar refractivity (Wildman–Crippen MR) is 84.1 cm³/mol. The monoisotopic (exact) mass is 356 g/mol. The van der Waals surface area contributed by atoms with Gasteiger partial charge < -0.3 is 10.2 Å². The van der Waals surface area contributed by atoms with Crippen molar-refractivity contribution in [1.82, 2.24) is 10.2 Å². The van der Waals surface area contributed by atoms with Gasteiger partial charge in [0.15, 0.2) is 0 Å². The van der Waals surface area contributed by atoms with Gasteiger partial charge in [-0.1, -0.05) is 11.6 Å². The zero-order chi connectivity index (χ0) is 14.1. The van der Waals surface area contributed by atoms with Crippen molar-refractivity contribution in [2.75, 3.05) is 26.2 Å². The highest BCUT2D eigenvalue weighted by Crippen LogP contribution is 2.29. The minimum Gasteiger partial charge on any atom is -0.339 e. The molecular weight excluding hydrogens is 340 g/mol. The summed E-state index contributed by atoms with van der Waals surface area (Å²) in [5.41, 5.74) is 0.669. The van der Waals surface area contributed by atoms with Crippen molar-refractivity contribution in [3.05, 3.63) is 33.3 Å². The van der Waals surface area contributed by atoms with Crippen LogP contribution in [0.3, 0.4) is 0 Å². The van der Waals surface area contributed by atoms with Crippen LogP contribution in [0.25, 0.3) is 0 Å². The first-order valence-corrected chi connectivity index (χ1v) is 8.27. The van der Waals surface area contributed by atoms with Gasteiger partial charge in [-0.2, -0.15) is 0 Å². The molecule has 0 bridgehead atoms. The van der Waals surface area contributed by atoms with E-state index < -0.39 is 0 Å². The van der Waals surface area contributed by atoms with Gasteiger partial charge in [0.2, 0.25) is 0 Å². The molecule has 0 radical (unpaired) electrons. The standard InChI is InChI=1S/C15H18BrClN2O/c16-14-2-1-12(17)7-13(14)15(20)19-5-3-10-8-18-9-11(10)4-6-19/h1-2,7,10-11,18H,3-6,8-9H2/t10-,11+. The second-order valence-corrected chi connectivity index (χ2v) is 6.96. The summed E-state index contributed by atoms with van der Waals surface area (Å²) in [6.07, 6.45) is 2.20. The van der Waals surface area contributed by atoms with Gasteiger partial charge in [0.25, 0.3) is 5.91 Å². The fraction of sp³-hybridized carbons (Fsp3) is 0.533. The van der Waals surface area contributed by atoms with Crippen LogP contribution < -0.4 is 5.32 Å². The van der Waals surface area contributed by atoms with E-state index in [1.165, 1.54) is 0 Å². The summed E-state index contributed by atoms with van der Waals surface area (Å²) in [4.78, 5) is 14.6. The summed E-state index contributed by atoms with van der Waals surface area (Å²) in [7, 11) is 0. The molecule has 0 aliphatic carbocycles. The van der Waals surface area contributed by atoms with E-state index in [0.29, 0.717) is 10.6 Å². The summed E-state index contributed by atoms with van der Waals surface area (Å²) in [6, 6.07) is 5.38. The zero-order valence-corrected chi connectivity index (χ0v) is 13.6. The van der Waals surface area contributed by atoms with Crippen molar-refractivity contribution >= 4 is 33.4 Å². The van der Waals surface area contributed by atoms with Gasteiger partial charge in [-0.25, -0.2) is 0 Å². The molecule has 2 saturated heterocycles. The normalized spacial score (nSPS) is 26.2. The molecule has 2 aliphatic rings. The van der Waals surface area contributed by atoms with Gasteiger partial charge in [0.1, 0.15) is 0 Å². The molecule has 1 aromatic rings. The predicted octanol–water partition coefficient (Wildman–Crippen LogP) is 3.17. The number of rotatable bonds is 1. The second kappa shape index (κ2) is 6.04. The molecular formula is C15H18BrClN2O. The molecule has 2 aliphatic heterocycles. The third kappa shape index (κ3) is 2.87. The summed E-state index contributed by atoms with van der Waals surface area (Å²) >= 11 is 9.46. The first-order valence-electron chi connectivity index (χ1n) is 7.10. The highest BCUT2D eigenvalue weighted by molar-refractivity contribution is 9.10. The van der Waals surface area contributed by atoms with E-state index in [1.54, 1.807) is 12.1 Å². The smallest absolute Gasteiger partial charge is 0.255 e. The third-order valence-electron chi connectivity index (χ3n) is 4.47. The Balaban J connectivity index is 1.75. The lowest BCUT2D eigenvalue weighted by Crippen LogP contribution is -2.33. The van der Waals surface area contributed by atoms with Gasteiger partial charge in [-0.3, -0.25) is 4.79 Å². The van der Waals surface area contributed by atoms with Crippen LogP contribution in [0.2, 0.25) is 5.02 Å². The van der Waals surface area contributed by atoms with Crippen LogP contribution in [0.15, 0.2) is 22.7 Å². The average molecular weight is 358 g/mol. The van der Waals surface area contributed by atoms with E-state index in [2.05, 4.69) is 21.2 Å². The number of amides is 1. The van der Waals surface area contributed by atoms with Crippen LogP contribution in [0, 0.1) is 11.8 Å². The Kier molecular flexibility index (Phi) is 4.34. The summed E-state index contributed by atoms with van der Waals surface area (Å²) in [6.45, 7) is 3.91. The second-order valence-electron chi connectivity index (χ2n) is 5.67. The maximum Gasteiger partial charge on any atom is 0.255 e. The highest BCUT2D eigenvalue weighted by Gasteiger charge is 2.32. The number of fused-ring (bicyclic) bond motifs is 1. The number of nitrogens with one attached hydrogen (secondary N) is 1. The molecule has 5 heteroatoms. The van der Waals surface area contributed by atoms with Crippen LogP contribution in [-0.2, 0) is 0 Å². The minimum absolute atomic E-state index is 0.0901. The summed E-state index contributed by atoms with van der Waals surface area (Å²) < 4.78 is 0.818. The van der Waals surface area contributed by atoms with Crippen LogP contribution in [0.5, 0.6) is 0 Å². The molecule has 0 aromatic heterocycles. The Hall–Kier alpha value is -0.580. The van der Waals surface area contributed by atoms with Crippen molar-refractivity contribution < 1.29 is 4.79 Å². The minimum atomic E-state index is 0.0901. The molecule has 3 nitrogen and oxygen atoms in total. The third-order valence-corrected chi connectivity index (χ3v) is 5.39. The molecule has 0 unspecified atom stereocenters. The first kappa shape index (κ1) is 14.4. The fourth-order valence-corrected chi connectivity index (χ4v) is 3.84. The number of hydrogen-bond donors (Lipinski definition) is 1. The SMILES string of the molecule is O=C(c1cc(Cl)ccc1Br)N1CC[C@@H]2CNC[C@@H]2CC1. The lowest BCUT2D eigenvalue weighted by molar-refractivity contribution is 0.0757. The van der Waals surface area contributed by atoms with Crippen LogP contribution >= 0.6 is 27.5 Å². The summed E-state index contributed by atoms with van der Waals surface area (Å²) in [5.74, 6) is 1.55. The Labute approximate surface area is 132 Å². The van der Waals surface area contributed by atoms with E-state index in [4.69, 9.17) is 11.6 Å². The van der Waals surface area contributed by atoms with Gasteiger partial charge in [-0.05, 0) is 71.9 Å². The van der Waals surface area contributed by atoms with Crippen molar-refractivity contribution in [2.24, 2.45) is 11.8 Å². The molecule has 108 valence electrons. The summed E-state index contributed by atoms with van der Waals surface area (Å²) in [5, 5.41) is 4.06. The Bertz CT molecular complexity index is 509. The number of hydrogen-bond acceptors (Lipinski definition) is 2. The Morgan fingerprint density at radius 1 is 1.25 bits per heavy atom. The van der Waals surface area contributed by atoms with Gasteiger partial charge >= 0.3 is 0 Å². The average Bonchev–Trinajstić information content (AvgIpc) is 2.80. The van der Waals surface area contributed by atoms with Gasteiger partial charge in [-0.15, -0.1) is 0 Å². The quantitative estimate of drug-likeness (QED) is 0.837. The van der Waals surface area contributed by atoms with Crippen LogP contribution in [0.1, 0.15) is 23.2 Å². The lowest BCUT2D eigenvalue weighted by atomic mass is 9.92. The molecule has 0 spiro atoms. The van der Waals surface area contributed by atoms with Crippen molar-refractivity contribution in [3.8, 4) is 0 Å². The fourth-order valence-electron chi connectivity index (χ4n) is 3.25. The van der Waals surface area contributed by atoms with E-state index in [0.717, 1.165) is 55.3 Å². The van der Waals surface area contributed by atoms with E-state index >= 15 is 0 Å². The molecule has 2 heterocycles. The van der Waals surface area contributed by atoms with Crippen LogP contribution in [-0.4, -0.2) is 37.0 Å². The van der Waals surface area contributed by atoms with E-state index in [9.17, 15) is 4.79 Å². The molecule has 3 rings (SSSR count). The zero-order valence-electron chi connectivity index (χ0n) is 11.2. The molecule has 2 atom stereocenters. The lowest BCUT2D eigenvalue weighted by Gasteiger charge is -2.21. The number of likely N-dealkylation sites (tertiary alicyclic amines) is 1. The molecule has 20 heavy (non-hydrogen) atoms. The number of carbonyl (C=O) groups excluding carboxylic acids is 1. The van der Waals surface area contributed by atoms with Crippen molar-refractivity contribution in [1.29, 1.82) is 0 Å². The maximum atomic E-state index is 12.7. The van der Waals surface area contributed by atoms with Crippen molar-refractivity contribution in [2.45, 2.75) is 12.8 Å². The van der Waals surface area contributed by atoms with E-state index in [-0.39, 0.29) is 5.91 Å². The molecule has 1 amide bonds. The van der Waals surface area contributed by atoms with Gasteiger partial charge in [0.05, 0.1) is 5.56 Å². The first-order chi connectivity index (χ1) is 9.65. The Morgan fingerprint density at radius 2 is 1.90 bits per heavy atom. The van der Waals surface area contributed by atoms with Crippen molar-refractivity contribution in [3.63, 3.8) is 0 Å². The molecule has 1 aromatic carbocycles. The topological polar surface area (TPSA) is 32.3 Å². The maximum absolute atomic E-state index is 12.7. The number of halogens is 2. The molecule has 1 N–H and O–H groups in total. The van der Waals surface area contributed by atoms with Crippen LogP contribution in [0.4, 0.5) is 0 Å². The molecule has 2 fully saturated rings. The number of carbonyl (C=O) groups is 1.